The molecule has 21 heavy (non-hydrogen) atoms. The van der Waals surface area contributed by atoms with Gasteiger partial charge in [-0.15, -0.1) is 11.6 Å². The number of carbonyl (C=O) groups is 1. The topological polar surface area (TPSA) is 36.1 Å². The predicted molar refractivity (Wildman–Crippen MR) is 77.5 cm³/mol. The fraction of sp³-hybridized carbons (Fsp3) is 0.400. The van der Waals surface area contributed by atoms with Crippen molar-refractivity contribution in [2.75, 3.05) is 12.9 Å². The molecular weight excluding hydrogens is 298 g/mol. The van der Waals surface area contributed by atoms with Crippen LogP contribution in [0.15, 0.2) is 12.1 Å². The molecule has 1 aliphatic rings. The quantitative estimate of drug-likeness (QED) is 0.850. The summed E-state index contributed by atoms with van der Waals surface area (Å²) in [4.78, 5) is 16.4. The summed E-state index contributed by atoms with van der Waals surface area (Å²) in [6.45, 7) is 0. The van der Waals surface area contributed by atoms with Gasteiger partial charge in [0, 0.05) is 30.2 Å². The van der Waals surface area contributed by atoms with Crippen molar-refractivity contribution in [3.63, 3.8) is 0 Å². The number of benzene rings is 1. The van der Waals surface area contributed by atoms with E-state index >= 15 is 0 Å². The molecule has 112 valence electrons. The number of alkyl halides is 1. The number of hydrogen-bond donors (Lipinski definition) is 1. The van der Waals surface area contributed by atoms with Crippen molar-refractivity contribution < 1.29 is 13.6 Å². The molecule has 0 bridgehead atoms. The SMILES string of the molecule is CN(C(=O)CCl)C1CCc2[nH]c3c(F)cc(F)cc3c2C1. The van der Waals surface area contributed by atoms with E-state index < -0.39 is 11.6 Å². The van der Waals surface area contributed by atoms with E-state index in [4.69, 9.17) is 11.6 Å². The first-order chi connectivity index (χ1) is 10.0. The Morgan fingerprint density at radius 3 is 2.95 bits per heavy atom. The van der Waals surface area contributed by atoms with Crippen molar-refractivity contribution >= 4 is 28.4 Å². The van der Waals surface area contributed by atoms with E-state index in [1.165, 1.54) is 6.07 Å². The van der Waals surface area contributed by atoms with E-state index in [1.807, 2.05) is 0 Å². The third kappa shape index (κ3) is 2.39. The number of rotatable bonds is 2. The standard InChI is InChI=1S/C15H15ClF2N2O/c1-20(14(21)7-16)9-2-3-13-10(6-9)11-4-8(17)5-12(18)15(11)19-13/h4-5,9,19H,2-3,6-7H2,1H3. The van der Waals surface area contributed by atoms with Crippen LogP contribution in [0.4, 0.5) is 8.78 Å². The Kier molecular flexibility index (Phi) is 3.61. The normalized spacial score (nSPS) is 17.8. The Hall–Kier alpha value is -1.62. The number of aromatic amines is 1. The summed E-state index contributed by atoms with van der Waals surface area (Å²) in [5.41, 5.74) is 2.17. The Balaban J connectivity index is 2.00. The maximum atomic E-state index is 13.8. The summed E-state index contributed by atoms with van der Waals surface area (Å²) >= 11 is 5.59. The lowest BCUT2D eigenvalue weighted by molar-refractivity contribution is -0.129. The number of carbonyl (C=O) groups excluding carboxylic acids is 1. The molecule has 3 nitrogen and oxygen atoms in total. The highest BCUT2D eigenvalue weighted by Crippen LogP contribution is 2.32. The molecule has 0 spiro atoms. The molecule has 2 aromatic rings. The number of likely N-dealkylation sites (N-methyl/N-ethyl adjacent to an activating group) is 1. The molecular formula is C15H15ClF2N2O. The first-order valence-electron chi connectivity index (χ1n) is 6.81. The van der Waals surface area contributed by atoms with Gasteiger partial charge >= 0.3 is 0 Å². The van der Waals surface area contributed by atoms with Crippen LogP contribution in [0.3, 0.4) is 0 Å². The van der Waals surface area contributed by atoms with Gasteiger partial charge in [0.05, 0.1) is 5.52 Å². The summed E-state index contributed by atoms with van der Waals surface area (Å²) in [5.74, 6) is -1.37. The number of nitrogens with zero attached hydrogens (tertiary/aromatic N) is 1. The van der Waals surface area contributed by atoms with Crippen molar-refractivity contribution in [1.29, 1.82) is 0 Å². The van der Waals surface area contributed by atoms with Crippen LogP contribution in [0.5, 0.6) is 0 Å². The van der Waals surface area contributed by atoms with Crippen LogP contribution in [0.25, 0.3) is 10.9 Å². The van der Waals surface area contributed by atoms with Gasteiger partial charge < -0.3 is 9.88 Å². The summed E-state index contributed by atoms with van der Waals surface area (Å²) in [6, 6.07) is 2.24. The zero-order valence-electron chi connectivity index (χ0n) is 11.5. The number of aromatic nitrogens is 1. The van der Waals surface area contributed by atoms with E-state index in [1.54, 1.807) is 11.9 Å². The van der Waals surface area contributed by atoms with Gasteiger partial charge in [0.2, 0.25) is 5.91 Å². The van der Waals surface area contributed by atoms with E-state index in [2.05, 4.69) is 4.98 Å². The number of H-pyrrole nitrogens is 1. The number of amides is 1. The lowest BCUT2D eigenvalue weighted by atomic mass is 9.90. The number of fused-ring (bicyclic) bond motifs is 3. The number of halogens is 3. The molecule has 0 aliphatic heterocycles. The van der Waals surface area contributed by atoms with Gasteiger partial charge in [0.25, 0.3) is 0 Å². The van der Waals surface area contributed by atoms with Crippen molar-refractivity contribution in [2.24, 2.45) is 0 Å². The average Bonchev–Trinajstić information content (AvgIpc) is 2.84. The van der Waals surface area contributed by atoms with Gasteiger partial charge in [0.1, 0.15) is 17.5 Å². The summed E-state index contributed by atoms with van der Waals surface area (Å²) in [7, 11) is 1.72. The number of hydrogen-bond acceptors (Lipinski definition) is 1. The van der Waals surface area contributed by atoms with Crippen LogP contribution in [-0.4, -0.2) is 34.8 Å². The monoisotopic (exact) mass is 312 g/mol. The van der Waals surface area contributed by atoms with Gasteiger partial charge in [-0.25, -0.2) is 8.78 Å². The Bertz CT molecular complexity index is 713. The molecule has 1 unspecified atom stereocenters. The van der Waals surface area contributed by atoms with Crippen molar-refractivity contribution in [1.82, 2.24) is 9.88 Å². The van der Waals surface area contributed by atoms with Crippen LogP contribution in [0.2, 0.25) is 0 Å². The third-order valence-corrected chi connectivity index (χ3v) is 4.47. The molecule has 1 aromatic carbocycles. The second-order valence-electron chi connectivity index (χ2n) is 5.43. The highest BCUT2D eigenvalue weighted by atomic mass is 35.5. The maximum Gasteiger partial charge on any atom is 0.237 e. The minimum Gasteiger partial charge on any atom is -0.356 e. The summed E-state index contributed by atoms with van der Waals surface area (Å²) in [5, 5.41) is 0.568. The largest absolute Gasteiger partial charge is 0.356 e. The number of aryl methyl sites for hydroxylation is 1. The van der Waals surface area contributed by atoms with Crippen LogP contribution in [0.1, 0.15) is 17.7 Å². The maximum absolute atomic E-state index is 13.8. The molecule has 0 fully saturated rings. The third-order valence-electron chi connectivity index (χ3n) is 4.24. The molecule has 0 saturated heterocycles. The zero-order chi connectivity index (χ0) is 15.1. The van der Waals surface area contributed by atoms with Gasteiger partial charge in [-0.2, -0.15) is 0 Å². The average molecular weight is 313 g/mol. The zero-order valence-corrected chi connectivity index (χ0v) is 12.3. The Morgan fingerprint density at radius 1 is 1.48 bits per heavy atom. The van der Waals surface area contributed by atoms with Gasteiger partial charge in [-0.1, -0.05) is 0 Å². The second-order valence-corrected chi connectivity index (χ2v) is 5.69. The van der Waals surface area contributed by atoms with E-state index in [9.17, 15) is 13.6 Å². The molecule has 6 heteroatoms. The van der Waals surface area contributed by atoms with E-state index in [0.29, 0.717) is 23.7 Å². The van der Waals surface area contributed by atoms with E-state index in [-0.39, 0.29) is 17.8 Å². The fourth-order valence-electron chi connectivity index (χ4n) is 3.05. The molecule has 1 N–H and O–H groups in total. The highest BCUT2D eigenvalue weighted by Gasteiger charge is 2.28. The molecule has 3 rings (SSSR count). The van der Waals surface area contributed by atoms with Gasteiger partial charge in [0.15, 0.2) is 0 Å². The van der Waals surface area contributed by atoms with E-state index in [0.717, 1.165) is 23.7 Å². The van der Waals surface area contributed by atoms with Gasteiger partial charge in [-0.3, -0.25) is 4.79 Å². The van der Waals surface area contributed by atoms with Crippen molar-refractivity contribution in [3.05, 3.63) is 35.0 Å². The van der Waals surface area contributed by atoms with Crippen LogP contribution in [0, 0.1) is 11.6 Å². The minimum absolute atomic E-state index is 0.00841. The molecule has 0 radical (unpaired) electrons. The fourth-order valence-corrected chi connectivity index (χ4v) is 3.24. The Morgan fingerprint density at radius 2 is 2.24 bits per heavy atom. The Labute approximate surface area is 125 Å². The predicted octanol–water partition coefficient (Wildman–Crippen LogP) is 3.00. The van der Waals surface area contributed by atoms with Crippen LogP contribution >= 0.6 is 11.6 Å². The molecule has 1 aromatic heterocycles. The van der Waals surface area contributed by atoms with Gasteiger partial charge in [-0.05, 0) is 30.9 Å². The summed E-state index contributed by atoms with van der Waals surface area (Å²) in [6.07, 6.45) is 2.07. The lowest BCUT2D eigenvalue weighted by Gasteiger charge is -2.31. The number of nitrogens with one attached hydrogen (secondary N) is 1. The van der Waals surface area contributed by atoms with Crippen LogP contribution < -0.4 is 0 Å². The molecule has 1 heterocycles. The smallest absolute Gasteiger partial charge is 0.237 e. The summed E-state index contributed by atoms with van der Waals surface area (Å²) < 4.78 is 27.3. The minimum atomic E-state index is -0.589. The molecule has 1 amide bonds. The highest BCUT2D eigenvalue weighted by molar-refractivity contribution is 6.27. The lowest BCUT2D eigenvalue weighted by Crippen LogP contribution is -2.41. The molecule has 1 atom stereocenters. The first-order valence-corrected chi connectivity index (χ1v) is 7.34. The molecule has 1 aliphatic carbocycles. The van der Waals surface area contributed by atoms with Crippen molar-refractivity contribution in [3.8, 4) is 0 Å². The van der Waals surface area contributed by atoms with Crippen LogP contribution in [-0.2, 0) is 17.6 Å². The van der Waals surface area contributed by atoms with Crippen molar-refractivity contribution in [2.45, 2.75) is 25.3 Å². The second kappa shape index (κ2) is 5.30. The first kappa shape index (κ1) is 14.3. The molecule has 0 saturated carbocycles.